The summed E-state index contributed by atoms with van der Waals surface area (Å²) in [7, 11) is 0. The van der Waals surface area contributed by atoms with Crippen LogP contribution in [0.5, 0.6) is 0 Å². The number of carbonyl (C=O) groups is 1. The first-order valence-corrected chi connectivity index (χ1v) is 5.39. The van der Waals surface area contributed by atoms with E-state index in [-0.39, 0.29) is 11.3 Å². The number of rotatable bonds is 3. The van der Waals surface area contributed by atoms with E-state index in [1.807, 2.05) is 0 Å². The van der Waals surface area contributed by atoms with Crippen molar-refractivity contribution < 1.29 is 18.8 Å². The Morgan fingerprint density at radius 3 is 2.61 bits per heavy atom. The molecule has 0 saturated carbocycles. The monoisotopic (exact) mass is 254 g/mol. The number of benzene rings is 1. The number of hydrogen-bond acceptors (Lipinski definition) is 5. The van der Waals surface area contributed by atoms with E-state index < -0.39 is 16.4 Å². The number of halogens is 1. The quantitative estimate of drug-likeness (QED) is 0.463. The van der Waals surface area contributed by atoms with E-state index >= 15 is 0 Å². The molecule has 18 heavy (non-hydrogen) atoms. The van der Waals surface area contributed by atoms with Gasteiger partial charge in [0.05, 0.1) is 35.5 Å². The third-order valence-corrected chi connectivity index (χ3v) is 2.77. The molecule has 0 N–H and O–H groups in total. The molecule has 1 heterocycles. The van der Waals surface area contributed by atoms with Crippen molar-refractivity contribution in [3.05, 3.63) is 33.6 Å². The topological polar surface area (TPSA) is 72.7 Å². The molecular formula is C11H11FN2O4. The predicted molar refractivity (Wildman–Crippen MR) is 61.5 cm³/mol. The normalized spacial score (nSPS) is 15.5. The molecule has 0 unspecified atom stereocenters. The van der Waals surface area contributed by atoms with Crippen molar-refractivity contribution in [3.63, 3.8) is 0 Å². The summed E-state index contributed by atoms with van der Waals surface area (Å²) in [5, 5.41) is 10.7. The van der Waals surface area contributed by atoms with Crippen LogP contribution in [-0.4, -0.2) is 37.5 Å². The van der Waals surface area contributed by atoms with Crippen LogP contribution in [0.15, 0.2) is 12.1 Å². The van der Waals surface area contributed by atoms with Crippen LogP contribution in [-0.2, 0) is 4.74 Å². The van der Waals surface area contributed by atoms with Crippen molar-refractivity contribution in [2.24, 2.45) is 0 Å². The first-order valence-electron chi connectivity index (χ1n) is 5.39. The van der Waals surface area contributed by atoms with Crippen LogP contribution in [0.25, 0.3) is 0 Å². The summed E-state index contributed by atoms with van der Waals surface area (Å²) in [5.74, 6) is -0.700. The number of nitrogens with zero attached hydrogens (tertiary/aromatic N) is 2. The first kappa shape index (κ1) is 12.4. The Labute approximate surface area is 102 Å². The fourth-order valence-corrected chi connectivity index (χ4v) is 1.87. The maximum absolute atomic E-state index is 13.8. The van der Waals surface area contributed by atoms with Gasteiger partial charge in [0.1, 0.15) is 0 Å². The highest BCUT2D eigenvalue weighted by molar-refractivity contribution is 5.83. The highest BCUT2D eigenvalue weighted by atomic mass is 19.1. The van der Waals surface area contributed by atoms with Crippen molar-refractivity contribution in [1.29, 1.82) is 0 Å². The average molecular weight is 254 g/mol. The van der Waals surface area contributed by atoms with Gasteiger partial charge < -0.3 is 9.64 Å². The second-order valence-electron chi connectivity index (χ2n) is 3.84. The van der Waals surface area contributed by atoms with Crippen LogP contribution in [0.1, 0.15) is 10.4 Å². The molecule has 6 nitrogen and oxygen atoms in total. The first-order chi connectivity index (χ1) is 8.63. The van der Waals surface area contributed by atoms with Crippen LogP contribution in [0.4, 0.5) is 15.8 Å². The summed E-state index contributed by atoms with van der Waals surface area (Å²) in [6.07, 6.45) is 0.363. The summed E-state index contributed by atoms with van der Waals surface area (Å²) in [5.41, 5.74) is -0.437. The second kappa shape index (κ2) is 5.09. The lowest BCUT2D eigenvalue weighted by atomic mass is 10.1. The molecule has 0 bridgehead atoms. The SMILES string of the molecule is O=Cc1cc(N2CCOCC2)c(F)cc1[N+](=O)[O-]. The predicted octanol–water partition coefficient (Wildman–Crippen LogP) is 1.38. The maximum Gasteiger partial charge on any atom is 0.282 e. The van der Waals surface area contributed by atoms with Crippen molar-refractivity contribution in [2.75, 3.05) is 31.2 Å². The second-order valence-corrected chi connectivity index (χ2v) is 3.84. The smallest absolute Gasteiger partial charge is 0.282 e. The van der Waals surface area contributed by atoms with Crippen molar-refractivity contribution in [2.45, 2.75) is 0 Å². The minimum Gasteiger partial charge on any atom is -0.378 e. The van der Waals surface area contributed by atoms with Crippen LogP contribution in [0.3, 0.4) is 0 Å². The molecule has 1 saturated heterocycles. The zero-order chi connectivity index (χ0) is 13.1. The van der Waals surface area contributed by atoms with E-state index in [4.69, 9.17) is 4.74 Å². The van der Waals surface area contributed by atoms with Crippen LogP contribution >= 0.6 is 0 Å². The lowest BCUT2D eigenvalue weighted by Crippen LogP contribution is -2.36. The number of nitro groups is 1. The van der Waals surface area contributed by atoms with Gasteiger partial charge in [-0.25, -0.2) is 4.39 Å². The van der Waals surface area contributed by atoms with Crippen molar-refractivity contribution >= 4 is 17.7 Å². The lowest BCUT2D eigenvalue weighted by Gasteiger charge is -2.29. The number of morpholine rings is 1. The molecule has 0 atom stereocenters. The van der Waals surface area contributed by atoms with Gasteiger partial charge in [-0.05, 0) is 6.07 Å². The van der Waals surface area contributed by atoms with Crippen LogP contribution in [0, 0.1) is 15.9 Å². The van der Waals surface area contributed by atoms with Crippen molar-refractivity contribution in [3.8, 4) is 0 Å². The Morgan fingerprint density at radius 1 is 1.39 bits per heavy atom. The number of anilines is 1. The van der Waals surface area contributed by atoms with Crippen LogP contribution < -0.4 is 4.90 Å². The average Bonchev–Trinajstić information content (AvgIpc) is 2.39. The van der Waals surface area contributed by atoms with Gasteiger partial charge in [-0.1, -0.05) is 0 Å². The molecule has 1 aromatic carbocycles. The Bertz CT molecular complexity index is 486. The molecular weight excluding hydrogens is 243 g/mol. The third-order valence-electron chi connectivity index (χ3n) is 2.77. The lowest BCUT2D eigenvalue weighted by molar-refractivity contribution is -0.385. The zero-order valence-corrected chi connectivity index (χ0v) is 9.47. The molecule has 1 aromatic rings. The Morgan fingerprint density at radius 2 is 2.06 bits per heavy atom. The van der Waals surface area contributed by atoms with Gasteiger partial charge in [-0.3, -0.25) is 14.9 Å². The van der Waals surface area contributed by atoms with E-state index in [9.17, 15) is 19.3 Å². The molecule has 1 aliphatic heterocycles. The largest absolute Gasteiger partial charge is 0.378 e. The standard InChI is InChI=1S/C11H11FN2O4/c12-9-6-10(14(16)17)8(7-15)5-11(9)13-1-3-18-4-2-13/h5-7H,1-4H2. The van der Waals surface area contributed by atoms with Gasteiger partial charge in [-0.15, -0.1) is 0 Å². The highest BCUT2D eigenvalue weighted by Gasteiger charge is 2.22. The number of aldehydes is 1. The molecule has 7 heteroatoms. The summed E-state index contributed by atoms with van der Waals surface area (Å²) in [4.78, 5) is 22.4. The van der Waals surface area contributed by atoms with Gasteiger partial charge in [0.15, 0.2) is 12.1 Å². The van der Waals surface area contributed by atoms with E-state index in [2.05, 4.69) is 0 Å². The Balaban J connectivity index is 2.42. The fraction of sp³-hybridized carbons (Fsp3) is 0.364. The van der Waals surface area contributed by atoms with Gasteiger partial charge in [0.2, 0.25) is 0 Å². The molecule has 1 fully saturated rings. The molecule has 0 spiro atoms. The molecule has 0 radical (unpaired) electrons. The molecule has 0 aliphatic carbocycles. The third kappa shape index (κ3) is 2.30. The van der Waals surface area contributed by atoms with E-state index in [0.717, 1.165) is 6.07 Å². The zero-order valence-electron chi connectivity index (χ0n) is 9.47. The van der Waals surface area contributed by atoms with Crippen LogP contribution in [0.2, 0.25) is 0 Å². The summed E-state index contributed by atoms with van der Waals surface area (Å²) >= 11 is 0. The number of nitro benzene ring substituents is 1. The number of ether oxygens (including phenoxy) is 1. The molecule has 1 aliphatic rings. The van der Waals surface area contributed by atoms with E-state index in [1.165, 1.54) is 6.07 Å². The van der Waals surface area contributed by atoms with Gasteiger partial charge in [0, 0.05) is 13.1 Å². The molecule has 0 amide bonds. The maximum atomic E-state index is 13.8. The highest BCUT2D eigenvalue weighted by Crippen LogP contribution is 2.28. The van der Waals surface area contributed by atoms with E-state index in [0.29, 0.717) is 32.6 Å². The molecule has 2 rings (SSSR count). The van der Waals surface area contributed by atoms with Gasteiger partial charge >= 0.3 is 0 Å². The minimum absolute atomic E-state index is 0.122. The molecule has 0 aromatic heterocycles. The Hall–Kier alpha value is -2.02. The summed E-state index contributed by atoms with van der Waals surface area (Å²) < 4.78 is 18.9. The number of carbonyl (C=O) groups excluding carboxylic acids is 1. The van der Waals surface area contributed by atoms with Gasteiger partial charge in [0.25, 0.3) is 5.69 Å². The fourth-order valence-electron chi connectivity index (χ4n) is 1.87. The number of hydrogen-bond donors (Lipinski definition) is 0. The van der Waals surface area contributed by atoms with Gasteiger partial charge in [-0.2, -0.15) is 0 Å². The minimum atomic E-state index is -0.768. The summed E-state index contributed by atoms with van der Waals surface area (Å²) in [6.45, 7) is 1.92. The van der Waals surface area contributed by atoms with E-state index in [1.54, 1.807) is 4.90 Å². The van der Waals surface area contributed by atoms with Crippen molar-refractivity contribution in [1.82, 2.24) is 0 Å². The summed E-state index contributed by atoms with van der Waals surface area (Å²) in [6, 6.07) is 2.00. The molecule has 96 valence electrons. The Kier molecular flexibility index (Phi) is 3.52.